The van der Waals surface area contributed by atoms with Crippen molar-refractivity contribution >= 4 is 38.1 Å². The summed E-state index contributed by atoms with van der Waals surface area (Å²) in [5, 5.41) is 17.6. The van der Waals surface area contributed by atoms with Gasteiger partial charge in [-0.1, -0.05) is 78.9 Å². The lowest BCUT2D eigenvalue weighted by molar-refractivity contribution is -0.384. The molecule has 4 heteroatoms. The van der Waals surface area contributed by atoms with E-state index in [1.807, 2.05) is 54.6 Å². The van der Waals surface area contributed by atoms with Crippen LogP contribution >= 0.6 is 0 Å². The van der Waals surface area contributed by atoms with E-state index in [0.717, 1.165) is 33.1 Å². The van der Waals surface area contributed by atoms with Crippen LogP contribution in [-0.4, -0.2) is 9.49 Å². The van der Waals surface area contributed by atoms with Crippen molar-refractivity contribution in [2.75, 3.05) is 0 Å². The lowest BCUT2D eigenvalue weighted by atomic mass is 9.98. The Morgan fingerprint density at radius 2 is 1.12 bits per heavy atom. The molecule has 0 spiro atoms. The van der Waals surface area contributed by atoms with E-state index in [9.17, 15) is 10.1 Å². The van der Waals surface area contributed by atoms with E-state index < -0.39 is 0 Å². The Hall–Kier alpha value is -4.44. The highest BCUT2D eigenvalue weighted by Gasteiger charge is 2.22. The van der Waals surface area contributed by atoms with Gasteiger partial charge in [0.05, 0.1) is 21.7 Å². The van der Waals surface area contributed by atoms with Crippen LogP contribution in [0.2, 0.25) is 0 Å². The van der Waals surface area contributed by atoms with Crippen LogP contribution in [0.3, 0.4) is 0 Å². The van der Waals surface area contributed by atoms with Gasteiger partial charge in [-0.15, -0.1) is 0 Å². The van der Waals surface area contributed by atoms with Gasteiger partial charge in [0.15, 0.2) is 0 Å². The Kier molecular flexibility index (Phi) is 4.05. The first kappa shape index (κ1) is 18.3. The van der Waals surface area contributed by atoms with Crippen molar-refractivity contribution in [3.05, 3.63) is 119 Å². The first-order valence-corrected chi connectivity index (χ1v) is 10.5. The van der Waals surface area contributed by atoms with Crippen LogP contribution in [0.25, 0.3) is 49.4 Å². The molecule has 0 aliphatic carbocycles. The first-order chi connectivity index (χ1) is 15.7. The molecule has 1 heterocycles. The highest BCUT2D eigenvalue weighted by molar-refractivity contribution is 6.25. The number of nitro benzene ring substituents is 1. The number of rotatable bonds is 3. The molecule has 0 amide bonds. The smallest absolute Gasteiger partial charge is 0.278 e. The third kappa shape index (κ3) is 2.63. The minimum absolute atomic E-state index is 0.0982. The fourth-order valence-corrected chi connectivity index (χ4v) is 4.75. The van der Waals surface area contributed by atoms with E-state index in [-0.39, 0.29) is 10.6 Å². The second-order valence-electron chi connectivity index (χ2n) is 7.83. The van der Waals surface area contributed by atoms with Gasteiger partial charge in [-0.05, 0) is 40.4 Å². The van der Waals surface area contributed by atoms with E-state index in [2.05, 4.69) is 47.0 Å². The molecular formula is C28H18N2O2. The van der Waals surface area contributed by atoms with Crippen molar-refractivity contribution in [3.63, 3.8) is 0 Å². The average Bonchev–Trinajstić information content (AvgIpc) is 3.26. The van der Waals surface area contributed by atoms with Crippen LogP contribution in [0.1, 0.15) is 0 Å². The Balaban J connectivity index is 1.89. The molecular weight excluding hydrogens is 396 g/mol. The minimum atomic E-state index is -0.307. The third-order valence-electron chi connectivity index (χ3n) is 6.08. The highest BCUT2D eigenvalue weighted by Crippen LogP contribution is 2.42. The molecule has 0 saturated carbocycles. The van der Waals surface area contributed by atoms with Crippen molar-refractivity contribution in [3.8, 4) is 16.9 Å². The van der Waals surface area contributed by atoms with E-state index in [0.29, 0.717) is 5.56 Å². The summed E-state index contributed by atoms with van der Waals surface area (Å²) in [5.41, 5.74) is 3.53. The maximum atomic E-state index is 11.9. The van der Waals surface area contributed by atoms with Crippen molar-refractivity contribution < 1.29 is 4.92 Å². The Morgan fingerprint density at radius 3 is 1.81 bits per heavy atom. The molecule has 5 aromatic carbocycles. The zero-order valence-corrected chi connectivity index (χ0v) is 17.1. The summed E-state index contributed by atoms with van der Waals surface area (Å²) in [4.78, 5) is 11.6. The summed E-state index contributed by atoms with van der Waals surface area (Å²) < 4.78 is 2.16. The first-order valence-electron chi connectivity index (χ1n) is 10.5. The van der Waals surface area contributed by atoms with E-state index >= 15 is 0 Å². The number of hydrogen-bond donors (Lipinski definition) is 0. The SMILES string of the molecule is O=[N+]([O-])c1ccccc1-c1cc2c3ccccc3c3ccccc3c2n1-c1ccccc1. The average molecular weight is 414 g/mol. The normalized spacial score (nSPS) is 11.4. The van der Waals surface area contributed by atoms with Crippen molar-refractivity contribution in [1.82, 2.24) is 4.57 Å². The fraction of sp³-hybridized carbons (Fsp3) is 0. The minimum Gasteiger partial charge on any atom is -0.308 e. The van der Waals surface area contributed by atoms with Crippen LogP contribution in [0.15, 0.2) is 109 Å². The summed E-state index contributed by atoms with van der Waals surface area (Å²) in [6.07, 6.45) is 0. The molecule has 0 saturated heterocycles. The van der Waals surface area contributed by atoms with Gasteiger partial charge < -0.3 is 4.57 Å². The van der Waals surface area contributed by atoms with Gasteiger partial charge >= 0.3 is 0 Å². The summed E-state index contributed by atoms with van der Waals surface area (Å²) in [7, 11) is 0. The van der Waals surface area contributed by atoms with Gasteiger partial charge in [0.1, 0.15) is 0 Å². The number of hydrogen-bond acceptors (Lipinski definition) is 2. The standard InChI is InChI=1S/C28H18N2O2/c31-30(32)26-17-9-8-16-24(26)27-18-25-22-14-5-4-12-20(22)21-13-6-7-15-23(21)28(25)29(27)19-10-2-1-3-11-19/h1-18H. The molecule has 4 nitrogen and oxygen atoms in total. The van der Waals surface area contributed by atoms with E-state index in [1.165, 1.54) is 10.8 Å². The zero-order valence-electron chi connectivity index (χ0n) is 17.1. The van der Waals surface area contributed by atoms with Gasteiger partial charge in [-0.2, -0.15) is 0 Å². The number of nitrogens with zero attached hydrogens (tertiary/aromatic N) is 2. The summed E-state index contributed by atoms with van der Waals surface area (Å²) in [5.74, 6) is 0. The maximum Gasteiger partial charge on any atom is 0.278 e. The number of nitro groups is 1. The van der Waals surface area contributed by atoms with E-state index in [1.54, 1.807) is 12.1 Å². The van der Waals surface area contributed by atoms with E-state index in [4.69, 9.17) is 0 Å². The fourth-order valence-electron chi connectivity index (χ4n) is 4.75. The molecule has 0 radical (unpaired) electrons. The second kappa shape index (κ2) is 7.06. The van der Waals surface area contributed by atoms with Crippen molar-refractivity contribution in [2.45, 2.75) is 0 Å². The summed E-state index contributed by atoms with van der Waals surface area (Å²) >= 11 is 0. The van der Waals surface area contributed by atoms with Gasteiger partial charge in [0.2, 0.25) is 0 Å². The third-order valence-corrected chi connectivity index (χ3v) is 6.08. The number of benzene rings is 5. The Morgan fingerprint density at radius 1 is 0.594 bits per heavy atom. The second-order valence-corrected chi connectivity index (χ2v) is 7.83. The van der Waals surface area contributed by atoms with Crippen LogP contribution in [0, 0.1) is 10.1 Å². The lowest BCUT2D eigenvalue weighted by Gasteiger charge is -2.14. The summed E-state index contributed by atoms with van der Waals surface area (Å²) in [6.45, 7) is 0. The monoisotopic (exact) mass is 414 g/mol. The molecule has 0 unspecified atom stereocenters. The highest BCUT2D eigenvalue weighted by atomic mass is 16.6. The Labute approximate surface area is 184 Å². The molecule has 0 aliphatic heterocycles. The lowest BCUT2D eigenvalue weighted by Crippen LogP contribution is -1.99. The quantitative estimate of drug-likeness (QED) is 0.171. The molecule has 0 N–H and O–H groups in total. The Bertz CT molecular complexity index is 1650. The van der Waals surface area contributed by atoms with Gasteiger partial charge in [-0.3, -0.25) is 10.1 Å². The molecule has 6 aromatic rings. The van der Waals surface area contributed by atoms with Crippen molar-refractivity contribution in [2.24, 2.45) is 0 Å². The van der Waals surface area contributed by atoms with Crippen molar-refractivity contribution in [1.29, 1.82) is 0 Å². The zero-order chi connectivity index (χ0) is 21.7. The van der Waals surface area contributed by atoms with Gasteiger partial charge in [-0.25, -0.2) is 0 Å². The van der Waals surface area contributed by atoms with Crippen LogP contribution in [-0.2, 0) is 0 Å². The number of aromatic nitrogens is 1. The topological polar surface area (TPSA) is 48.1 Å². The molecule has 0 atom stereocenters. The van der Waals surface area contributed by atoms with Crippen LogP contribution in [0.4, 0.5) is 5.69 Å². The predicted molar refractivity (Wildman–Crippen MR) is 130 cm³/mol. The molecule has 6 rings (SSSR count). The molecule has 1 aromatic heterocycles. The number of para-hydroxylation sites is 2. The molecule has 0 fully saturated rings. The molecule has 152 valence electrons. The maximum absolute atomic E-state index is 11.9. The van der Waals surface area contributed by atoms with Gasteiger partial charge in [0.25, 0.3) is 5.69 Å². The molecule has 0 aliphatic rings. The number of fused-ring (bicyclic) bond motifs is 6. The summed E-state index contributed by atoms with van der Waals surface area (Å²) in [6, 6.07) is 35.8. The molecule has 32 heavy (non-hydrogen) atoms. The van der Waals surface area contributed by atoms with Crippen LogP contribution in [0.5, 0.6) is 0 Å². The molecule has 0 bridgehead atoms. The van der Waals surface area contributed by atoms with Crippen LogP contribution < -0.4 is 0 Å². The van der Waals surface area contributed by atoms with Gasteiger partial charge in [0, 0.05) is 22.5 Å². The largest absolute Gasteiger partial charge is 0.308 e. The predicted octanol–water partition coefficient (Wildman–Crippen LogP) is 7.51.